The quantitative estimate of drug-likeness (QED) is 0.875. The van der Waals surface area contributed by atoms with Crippen LogP contribution in [0.4, 0.5) is 0 Å². The molecule has 0 spiro atoms. The van der Waals surface area contributed by atoms with E-state index in [-0.39, 0.29) is 23.9 Å². The minimum Gasteiger partial charge on any atom is -0.396 e. The average molecular weight is 286 g/mol. The number of nitrogens with one attached hydrogen (secondary N) is 1. The zero-order valence-electron chi connectivity index (χ0n) is 11.7. The molecule has 1 aromatic carbocycles. The summed E-state index contributed by atoms with van der Waals surface area (Å²) in [5.74, 6) is -0.0362. The SMILES string of the molecule is O=C(c1cc(=O)c2ccccc2[nH]1)N1CCCC(CO)C1. The van der Waals surface area contributed by atoms with Crippen LogP contribution in [0.15, 0.2) is 35.1 Å². The lowest BCUT2D eigenvalue weighted by Gasteiger charge is -2.31. The van der Waals surface area contributed by atoms with Gasteiger partial charge in [0.2, 0.25) is 0 Å². The number of aliphatic hydroxyl groups excluding tert-OH is 1. The molecule has 1 amide bonds. The summed E-state index contributed by atoms with van der Waals surface area (Å²) in [5, 5.41) is 9.84. The molecule has 110 valence electrons. The average Bonchev–Trinajstić information content (AvgIpc) is 2.54. The molecule has 5 heteroatoms. The first kappa shape index (κ1) is 13.8. The molecule has 1 saturated heterocycles. The number of amides is 1. The molecule has 5 nitrogen and oxygen atoms in total. The van der Waals surface area contributed by atoms with Crippen LogP contribution in [0.5, 0.6) is 0 Å². The second-order valence-electron chi connectivity index (χ2n) is 5.53. The molecule has 2 aromatic rings. The van der Waals surface area contributed by atoms with Gasteiger partial charge in [0.25, 0.3) is 5.91 Å². The molecule has 2 heterocycles. The van der Waals surface area contributed by atoms with E-state index in [9.17, 15) is 14.7 Å². The van der Waals surface area contributed by atoms with Crippen LogP contribution in [0.1, 0.15) is 23.3 Å². The van der Waals surface area contributed by atoms with Gasteiger partial charge in [-0.25, -0.2) is 0 Å². The van der Waals surface area contributed by atoms with Gasteiger partial charge in [-0.15, -0.1) is 0 Å². The zero-order chi connectivity index (χ0) is 14.8. The van der Waals surface area contributed by atoms with Crippen LogP contribution in [-0.2, 0) is 0 Å². The highest BCUT2D eigenvalue weighted by Crippen LogP contribution is 2.18. The number of carbonyl (C=O) groups excluding carboxylic acids is 1. The first-order valence-corrected chi connectivity index (χ1v) is 7.21. The van der Waals surface area contributed by atoms with Gasteiger partial charge in [-0.1, -0.05) is 12.1 Å². The first-order chi connectivity index (χ1) is 10.2. The number of aliphatic hydroxyl groups is 1. The van der Waals surface area contributed by atoms with Crippen LogP contribution < -0.4 is 5.43 Å². The molecule has 21 heavy (non-hydrogen) atoms. The maximum atomic E-state index is 12.5. The lowest BCUT2D eigenvalue weighted by molar-refractivity contribution is 0.0615. The number of pyridine rings is 1. The normalized spacial score (nSPS) is 18.9. The number of aromatic nitrogens is 1. The Morgan fingerprint density at radius 2 is 2.19 bits per heavy atom. The molecule has 1 unspecified atom stereocenters. The summed E-state index contributed by atoms with van der Waals surface area (Å²) in [6.45, 7) is 1.31. The third-order valence-electron chi connectivity index (χ3n) is 4.03. The van der Waals surface area contributed by atoms with E-state index in [1.165, 1.54) is 6.07 Å². The van der Waals surface area contributed by atoms with Crippen LogP contribution >= 0.6 is 0 Å². The number of para-hydroxylation sites is 1. The number of benzene rings is 1. The molecule has 1 aromatic heterocycles. The smallest absolute Gasteiger partial charge is 0.270 e. The Hall–Kier alpha value is -2.14. The summed E-state index contributed by atoms with van der Waals surface area (Å²) in [4.78, 5) is 29.4. The number of carbonyl (C=O) groups is 1. The van der Waals surface area contributed by atoms with Crippen molar-refractivity contribution in [3.8, 4) is 0 Å². The Morgan fingerprint density at radius 3 is 3.00 bits per heavy atom. The lowest BCUT2D eigenvalue weighted by atomic mass is 9.99. The Balaban J connectivity index is 1.93. The highest BCUT2D eigenvalue weighted by molar-refractivity contribution is 5.94. The van der Waals surface area contributed by atoms with E-state index in [1.807, 2.05) is 6.07 Å². The molecule has 0 aliphatic carbocycles. The second kappa shape index (κ2) is 5.69. The monoisotopic (exact) mass is 286 g/mol. The van der Waals surface area contributed by atoms with E-state index in [4.69, 9.17) is 0 Å². The minimum absolute atomic E-state index is 0.0953. The molecule has 2 N–H and O–H groups in total. The van der Waals surface area contributed by atoms with E-state index < -0.39 is 0 Å². The van der Waals surface area contributed by atoms with E-state index >= 15 is 0 Å². The van der Waals surface area contributed by atoms with Crippen LogP contribution in [0.25, 0.3) is 10.9 Å². The van der Waals surface area contributed by atoms with E-state index in [0.29, 0.717) is 29.7 Å². The third kappa shape index (κ3) is 2.69. The van der Waals surface area contributed by atoms with Crippen molar-refractivity contribution in [2.45, 2.75) is 12.8 Å². The van der Waals surface area contributed by atoms with Gasteiger partial charge in [0.1, 0.15) is 5.69 Å². The topological polar surface area (TPSA) is 73.4 Å². The maximum absolute atomic E-state index is 12.5. The summed E-state index contributed by atoms with van der Waals surface area (Å²) in [6, 6.07) is 8.53. The van der Waals surface area contributed by atoms with Crippen LogP contribution in [0.2, 0.25) is 0 Å². The zero-order valence-corrected chi connectivity index (χ0v) is 11.7. The molecule has 0 saturated carbocycles. The Bertz CT molecular complexity index is 723. The second-order valence-corrected chi connectivity index (χ2v) is 5.53. The third-order valence-corrected chi connectivity index (χ3v) is 4.03. The predicted octanol–water partition coefficient (Wildman–Crippen LogP) is 1.37. The first-order valence-electron chi connectivity index (χ1n) is 7.21. The number of piperidine rings is 1. The van der Waals surface area contributed by atoms with Gasteiger partial charge in [0.15, 0.2) is 5.43 Å². The molecule has 3 rings (SSSR count). The van der Waals surface area contributed by atoms with Crippen molar-refractivity contribution < 1.29 is 9.90 Å². The fourth-order valence-corrected chi connectivity index (χ4v) is 2.88. The molecule has 0 bridgehead atoms. The van der Waals surface area contributed by atoms with Crippen LogP contribution in [0.3, 0.4) is 0 Å². The van der Waals surface area contributed by atoms with E-state index in [0.717, 1.165) is 12.8 Å². The van der Waals surface area contributed by atoms with Crippen molar-refractivity contribution in [3.05, 3.63) is 46.2 Å². The lowest BCUT2D eigenvalue weighted by Crippen LogP contribution is -2.41. The van der Waals surface area contributed by atoms with Crippen molar-refractivity contribution in [1.29, 1.82) is 0 Å². The Morgan fingerprint density at radius 1 is 1.38 bits per heavy atom. The summed E-state index contributed by atoms with van der Waals surface area (Å²) in [7, 11) is 0. The summed E-state index contributed by atoms with van der Waals surface area (Å²) in [5.41, 5.74) is 0.838. The number of fused-ring (bicyclic) bond motifs is 1. The van der Waals surface area contributed by atoms with Gasteiger partial charge in [-0.2, -0.15) is 0 Å². The number of hydrogen-bond acceptors (Lipinski definition) is 3. The molecule has 1 fully saturated rings. The molecule has 1 atom stereocenters. The largest absolute Gasteiger partial charge is 0.396 e. The fourth-order valence-electron chi connectivity index (χ4n) is 2.88. The molecular weight excluding hydrogens is 268 g/mol. The standard InChI is InChI=1S/C16H18N2O3/c19-10-11-4-3-7-18(9-11)16(21)14-8-15(20)12-5-1-2-6-13(12)17-14/h1-2,5-6,8,11,19H,3-4,7,9-10H2,(H,17,20). The summed E-state index contributed by atoms with van der Waals surface area (Å²) >= 11 is 0. The van der Waals surface area contributed by atoms with E-state index in [2.05, 4.69) is 4.98 Å². The van der Waals surface area contributed by atoms with Gasteiger partial charge in [0.05, 0.1) is 0 Å². The minimum atomic E-state index is -0.170. The molecule has 1 aliphatic heterocycles. The van der Waals surface area contributed by atoms with Crippen LogP contribution in [0, 0.1) is 5.92 Å². The van der Waals surface area contributed by atoms with Crippen molar-refractivity contribution in [2.75, 3.05) is 19.7 Å². The Labute approximate surface area is 122 Å². The highest BCUT2D eigenvalue weighted by Gasteiger charge is 2.24. The molecule has 1 aliphatic rings. The van der Waals surface area contributed by atoms with Crippen LogP contribution in [-0.4, -0.2) is 40.6 Å². The number of aromatic amines is 1. The fraction of sp³-hybridized carbons (Fsp3) is 0.375. The predicted molar refractivity (Wildman–Crippen MR) is 80.3 cm³/mol. The molecular formula is C16H18N2O3. The number of likely N-dealkylation sites (tertiary alicyclic amines) is 1. The van der Waals surface area contributed by atoms with Crippen molar-refractivity contribution in [1.82, 2.24) is 9.88 Å². The van der Waals surface area contributed by atoms with Gasteiger partial charge in [-0.3, -0.25) is 9.59 Å². The molecule has 0 radical (unpaired) electrons. The van der Waals surface area contributed by atoms with Gasteiger partial charge in [-0.05, 0) is 30.9 Å². The van der Waals surface area contributed by atoms with E-state index in [1.54, 1.807) is 23.1 Å². The van der Waals surface area contributed by atoms with Crippen molar-refractivity contribution in [3.63, 3.8) is 0 Å². The van der Waals surface area contributed by atoms with Gasteiger partial charge in [0, 0.05) is 36.7 Å². The number of H-pyrrole nitrogens is 1. The summed E-state index contributed by atoms with van der Waals surface area (Å²) < 4.78 is 0. The van der Waals surface area contributed by atoms with Gasteiger partial charge < -0.3 is 15.0 Å². The number of nitrogens with zero attached hydrogens (tertiary/aromatic N) is 1. The maximum Gasteiger partial charge on any atom is 0.270 e. The Kier molecular flexibility index (Phi) is 3.75. The number of hydrogen-bond donors (Lipinski definition) is 2. The summed E-state index contributed by atoms with van der Waals surface area (Å²) in [6.07, 6.45) is 1.82. The van der Waals surface area contributed by atoms with Crippen molar-refractivity contribution >= 4 is 16.8 Å². The highest BCUT2D eigenvalue weighted by atomic mass is 16.3. The van der Waals surface area contributed by atoms with Crippen molar-refractivity contribution in [2.24, 2.45) is 5.92 Å². The number of rotatable bonds is 2. The van der Waals surface area contributed by atoms with Gasteiger partial charge >= 0.3 is 0 Å².